The topological polar surface area (TPSA) is 106 Å². The van der Waals surface area contributed by atoms with Gasteiger partial charge in [0.15, 0.2) is 0 Å². The van der Waals surface area contributed by atoms with Crippen molar-refractivity contribution in [3.05, 3.63) is 77.6 Å². The highest BCUT2D eigenvalue weighted by molar-refractivity contribution is 6.62. The fourth-order valence-electron chi connectivity index (χ4n) is 8.05. The Morgan fingerprint density at radius 2 is 1.64 bits per heavy atom. The molecule has 0 radical (unpaired) electrons. The number of anilines is 3. The number of ether oxygens (including phenoxy) is 1. The van der Waals surface area contributed by atoms with Crippen molar-refractivity contribution >= 4 is 47.0 Å². The van der Waals surface area contributed by atoms with E-state index in [1.54, 1.807) is 4.90 Å². The fraction of sp³-hybridized carbons (Fsp3) is 0.500. The predicted molar refractivity (Wildman–Crippen MR) is 209 cm³/mol. The molecule has 53 heavy (non-hydrogen) atoms. The van der Waals surface area contributed by atoms with Gasteiger partial charge in [0.25, 0.3) is 0 Å². The number of hydrogen-bond acceptors (Lipinski definition) is 7. The van der Waals surface area contributed by atoms with Gasteiger partial charge >= 0.3 is 7.12 Å². The Bertz CT molecular complexity index is 2100. The fourth-order valence-corrected chi connectivity index (χ4v) is 8.05. The second kappa shape index (κ2) is 12.3. The third kappa shape index (κ3) is 6.10. The Morgan fingerprint density at radius 3 is 2.32 bits per heavy atom. The van der Waals surface area contributed by atoms with Crippen molar-refractivity contribution in [3.8, 4) is 5.75 Å². The number of carbonyl (C=O) groups excluding carboxylic acids is 2. The second-order valence-corrected chi connectivity index (χ2v) is 17.7. The van der Waals surface area contributed by atoms with Gasteiger partial charge < -0.3 is 24.7 Å². The van der Waals surface area contributed by atoms with E-state index in [0.717, 1.165) is 47.3 Å². The Hall–Kier alpha value is -4.35. The van der Waals surface area contributed by atoms with Crippen LogP contribution in [0.15, 0.2) is 60.9 Å². The maximum absolute atomic E-state index is 13.5. The lowest BCUT2D eigenvalue weighted by molar-refractivity contribution is -0.121. The minimum Gasteiger partial charge on any atom is -0.488 e. The van der Waals surface area contributed by atoms with Crippen molar-refractivity contribution in [2.75, 3.05) is 23.3 Å². The SMILES string of the molecule is CC1(C)CNc2cc(B3OC(C)(C)C(C)(C)O3)ccc21.C[C@@H](Oc1cc(N2C(=O)C(C)(C)c3ccccc32)cn2ncc(C3CC3)c12)[C@H]1CNC(=O)C1. The highest BCUT2D eigenvalue weighted by Gasteiger charge is 2.52. The summed E-state index contributed by atoms with van der Waals surface area (Å²) < 4.78 is 20.6. The zero-order valence-corrected chi connectivity index (χ0v) is 32.5. The zero-order chi connectivity index (χ0) is 37.7. The van der Waals surface area contributed by atoms with Gasteiger partial charge in [0.2, 0.25) is 11.8 Å². The first-order chi connectivity index (χ1) is 25.0. The standard InChI is InChI=1S/C26H28N4O3.C16H24BNO2/c1-15(17-10-23(31)27-12-17)33-22-11-18(14-29-24(22)19(13-28-29)16-8-9-16)30-21-7-5-4-6-20(21)26(2,3)25(30)32;1-14(2)10-18-13-9-11(7-8-12(13)14)17-19-15(3,4)16(5,6)20-17/h4-7,11,13-17H,8-10,12H2,1-3H3,(H,27,31);7-9,18H,10H2,1-6H3/t15-,17-;/m1./s1. The average molecular weight is 718 g/mol. The van der Waals surface area contributed by atoms with E-state index >= 15 is 0 Å². The minimum atomic E-state index is -0.612. The number of fused-ring (bicyclic) bond motifs is 3. The molecule has 4 aromatic rings. The lowest BCUT2D eigenvalue weighted by Gasteiger charge is -2.32. The van der Waals surface area contributed by atoms with Gasteiger partial charge in [-0.3, -0.25) is 14.5 Å². The molecule has 0 bridgehead atoms. The molecular formula is C42H52BN5O5. The molecule has 278 valence electrons. The number of hydrogen-bond donors (Lipinski definition) is 2. The van der Waals surface area contributed by atoms with Crippen LogP contribution in [0.2, 0.25) is 0 Å². The van der Waals surface area contributed by atoms with Crippen molar-refractivity contribution in [2.24, 2.45) is 5.92 Å². The molecule has 0 spiro atoms. The molecule has 9 rings (SSSR count). The normalized spacial score (nSPS) is 23.6. The molecule has 1 aliphatic carbocycles. The molecule has 10 nitrogen and oxygen atoms in total. The molecule has 2 aromatic carbocycles. The predicted octanol–water partition coefficient (Wildman–Crippen LogP) is 6.76. The summed E-state index contributed by atoms with van der Waals surface area (Å²) >= 11 is 0. The summed E-state index contributed by atoms with van der Waals surface area (Å²) in [6, 6.07) is 16.4. The number of rotatable bonds is 6. The highest BCUT2D eigenvalue weighted by atomic mass is 16.7. The number of benzene rings is 2. The summed E-state index contributed by atoms with van der Waals surface area (Å²) in [6.45, 7) is 20.4. The van der Waals surface area contributed by atoms with E-state index in [2.05, 4.69) is 75.5 Å². The van der Waals surface area contributed by atoms with Crippen molar-refractivity contribution in [1.29, 1.82) is 0 Å². The van der Waals surface area contributed by atoms with Gasteiger partial charge in [-0.25, -0.2) is 4.52 Å². The third-order valence-electron chi connectivity index (χ3n) is 12.4. The van der Waals surface area contributed by atoms with Gasteiger partial charge in [-0.2, -0.15) is 5.10 Å². The van der Waals surface area contributed by atoms with Crippen LogP contribution in [0.3, 0.4) is 0 Å². The molecular weight excluding hydrogens is 665 g/mol. The van der Waals surface area contributed by atoms with E-state index < -0.39 is 5.41 Å². The highest BCUT2D eigenvalue weighted by Crippen LogP contribution is 2.48. The Balaban J connectivity index is 0.000000171. The number of amides is 2. The van der Waals surface area contributed by atoms with Crippen LogP contribution in [0.5, 0.6) is 5.75 Å². The van der Waals surface area contributed by atoms with Crippen molar-refractivity contribution in [3.63, 3.8) is 0 Å². The van der Waals surface area contributed by atoms with Crippen LogP contribution in [0.4, 0.5) is 17.1 Å². The lowest BCUT2D eigenvalue weighted by atomic mass is 9.77. The number of pyridine rings is 1. The van der Waals surface area contributed by atoms with Gasteiger partial charge in [0.1, 0.15) is 17.4 Å². The molecule has 5 aliphatic rings. The van der Waals surface area contributed by atoms with E-state index in [-0.39, 0.29) is 47.6 Å². The Morgan fingerprint density at radius 1 is 0.925 bits per heavy atom. The molecule has 6 heterocycles. The number of carbonyl (C=O) groups is 2. The molecule has 11 heteroatoms. The maximum atomic E-state index is 13.5. The van der Waals surface area contributed by atoms with Gasteiger partial charge in [0, 0.05) is 48.2 Å². The molecule has 2 atom stereocenters. The van der Waals surface area contributed by atoms with Crippen LogP contribution < -0.4 is 25.7 Å². The molecule has 2 aromatic heterocycles. The molecule has 2 saturated heterocycles. The third-order valence-corrected chi connectivity index (χ3v) is 12.4. The van der Waals surface area contributed by atoms with Crippen LogP contribution in [-0.4, -0.2) is 58.9 Å². The summed E-state index contributed by atoms with van der Waals surface area (Å²) in [6.07, 6.45) is 6.49. The first-order valence-corrected chi connectivity index (χ1v) is 19.1. The molecule has 3 fully saturated rings. The van der Waals surface area contributed by atoms with Crippen molar-refractivity contribution in [2.45, 2.75) is 116 Å². The van der Waals surface area contributed by atoms with Crippen molar-refractivity contribution in [1.82, 2.24) is 14.9 Å². The smallest absolute Gasteiger partial charge is 0.488 e. The quantitative estimate of drug-likeness (QED) is 0.213. The van der Waals surface area contributed by atoms with Gasteiger partial charge in [0.05, 0.1) is 40.4 Å². The van der Waals surface area contributed by atoms with E-state index in [4.69, 9.17) is 14.0 Å². The molecule has 2 amide bonds. The lowest BCUT2D eigenvalue weighted by Crippen LogP contribution is -2.41. The second-order valence-electron chi connectivity index (χ2n) is 17.7. The molecule has 4 aliphatic heterocycles. The van der Waals surface area contributed by atoms with Crippen LogP contribution in [0, 0.1) is 5.92 Å². The number of para-hydroxylation sites is 1. The Labute approximate surface area is 313 Å². The van der Waals surface area contributed by atoms with Gasteiger partial charge in [-0.15, -0.1) is 0 Å². The van der Waals surface area contributed by atoms with E-state index in [9.17, 15) is 9.59 Å². The first-order valence-electron chi connectivity index (χ1n) is 19.1. The van der Waals surface area contributed by atoms with Gasteiger partial charge in [-0.1, -0.05) is 44.2 Å². The van der Waals surface area contributed by atoms with Crippen LogP contribution in [0.1, 0.15) is 104 Å². The van der Waals surface area contributed by atoms with Crippen LogP contribution in [-0.2, 0) is 29.7 Å². The van der Waals surface area contributed by atoms with E-state index in [1.165, 1.54) is 16.8 Å². The number of aromatic nitrogens is 2. The summed E-state index contributed by atoms with van der Waals surface area (Å²) in [7, 11) is -0.282. The minimum absolute atomic E-state index is 0.0298. The number of nitrogens with one attached hydrogen (secondary N) is 2. The van der Waals surface area contributed by atoms with Gasteiger partial charge in [-0.05, 0) is 95.9 Å². The summed E-state index contributed by atoms with van der Waals surface area (Å²) in [4.78, 5) is 27.1. The van der Waals surface area contributed by atoms with Crippen molar-refractivity contribution < 1.29 is 23.6 Å². The summed E-state index contributed by atoms with van der Waals surface area (Å²) in [5.74, 6) is 1.44. The van der Waals surface area contributed by atoms with Crippen LogP contribution in [0.25, 0.3) is 5.52 Å². The average Bonchev–Trinajstić information content (AvgIpc) is 3.34. The largest absolute Gasteiger partial charge is 0.494 e. The summed E-state index contributed by atoms with van der Waals surface area (Å²) in [5.41, 5.74) is 7.48. The van der Waals surface area contributed by atoms with E-state index in [0.29, 0.717) is 24.6 Å². The molecule has 1 saturated carbocycles. The first kappa shape index (κ1) is 35.7. The number of nitrogens with zero attached hydrogens (tertiary/aromatic N) is 3. The zero-order valence-electron chi connectivity index (χ0n) is 32.5. The van der Waals surface area contributed by atoms with Crippen LogP contribution >= 0.6 is 0 Å². The monoisotopic (exact) mass is 717 g/mol. The maximum Gasteiger partial charge on any atom is 0.494 e. The Kier molecular flexibility index (Phi) is 8.31. The summed E-state index contributed by atoms with van der Waals surface area (Å²) in [5, 5.41) is 11.0. The molecule has 0 unspecified atom stereocenters. The molecule has 2 N–H and O–H groups in total. The van der Waals surface area contributed by atoms with E-state index in [1.807, 2.05) is 68.0 Å².